The van der Waals surface area contributed by atoms with Gasteiger partial charge in [0.2, 0.25) is 5.91 Å². The molecule has 0 radical (unpaired) electrons. The van der Waals surface area contributed by atoms with Gasteiger partial charge in [-0.3, -0.25) is 4.79 Å². The van der Waals surface area contributed by atoms with Crippen LogP contribution in [0.5, 0.6) is 5.75 Å². The van der Waals surface area contributed by atoms with Crippen LogP contribution in [0.15, 0.2) is 18.2 Å². The summed E-state index contributed by atoms with van der Waals surface area (Å²) in [4.78, 5) is 12.1. The summed E-state index contributed by atoms with van der Waals surface area (Å²) in [6.45, 7) is 2.41. The van der Waals surface area contributed by atoms with Crippen LogP contribution in [-0.4, -0.2) is 18.1 Å². The van der Waals surface area contributed by atoms with Gasteiger partial charge in [-0.05, 0) is 49.9 Å². The standard InChI is InChI=1S/C18H23ClN2O2/c1-14-12-15(19)7-8-16(14)23-11-5-6-17(22)21-18(13-20)9-3-2-4-10-18/h7-8,12H,2-6,9-11H2,1H3,(H,21,22). The number of hydrogen-bond acceptors (Lipinski definition) is 3. The molecule has 0 saturated heterocycles. The van der Waals surface area contributed by atoms with Gasteiger partial charge in [-0.2, -0.15) is 5.26 Å². The Morgan fingerprint density at radius 3 is 2.78 bits per heavy atom. The number of nitriles is 1. The number of nitrogens with zero attached hydrogens (tertiary/aromatic N) is 1. The summed E-state index contributed by atoms with van der Waals surface area (Å²) < 4.78 is 5.68. The minimum absolute atomic E-state index is 0.0649. The van der Waals surface area contributed by atoms with Gasteiger partial charge in [0.05, 0.1) is 12.7 Å². The molecule has 23 heavy (non-hydrogen) atoms. The van der Waals surface area contributed by atoms with Crippen LogP contribution in [0.1, 0.15) is 50.5 Å². The fourth-order valence-electron chi connectivity index (χ4n) is 2.94. The molecule has 1 N–H and O–H groups in total. The molecule has 0 heterocycles. The lowest BCUT2D eigenvalue weighted by atomic mass is 9.83. The maximum Gasteiger partial charge on any atom is 0.221 e. The number of rotatable bonds is 6. The van der Waals surface area contributed by atoms with E-state index in [1.165, 1.54) is 0 Å². The highest BCUT2D eigenvalue weighted by molar-refractivity contribution is 6.30. The molecule has 0 aliphatic heterocycles. The molecular formula is C18H23ClN2O2. The van der Waals surface area contributed by atoms with E-state index in [0.717, 1.165) is 43.4 Å². The first kappa shape index (κ1) is 17.6. The van der Waals surface area contributed by atoms with Crippen LogP contribution in [0.3, 0.4) is 0 Å². The molecule has 0 atom stereocenters. The van der Waals surface area contributed by atoms with Crippen LogP contribution >= 0.6 is 11.6 Å². The maximum atomic E-state index is 12.1. The molecule has 1 amide bonds. The van der Waals surface area contributed by atoms with Gasteiger partial charge >= 0.3 is 0 Å². The second-order valence-corrected chi connectivity index (χ2v) is 6.60. The second-order valence-electron chi connectivity index (χ2n) is 6.16. The maximum absolute atomic E-state index is 12.1. The molecule has 1 aromatic carbocycles. The van der Waals surface area contributed by atoms with Crippen LogP contribution in [0.4, 0.5) is 0 Å². The van der Waals surface area contributed by atoms with Crippen molar-refractivity contribution in [2.45, 2.75) is 57.4 Å². The van der Waals surface area contributed by atoms with Gasteiger partial charge in [-0.25, -0.2) is 0 Å². The smallest absolute Gasteiger partial charge is 0.221 e. The highest BCUT2D eigenvalue weighted by Crippen LogP contribution is 2.27. The van der Waals surface area contributed by atoms with E-state index in [-0.39, 0.29) is 5.91 Å². The largest absolute Gasteiger partial charge is 0.493 e. The van der Waals surface area contributed by atoms with Crippen LogP contribution in [0.25, 0.3) is 0 Å². The first-order chi connectivity index (χ1) is 11.0. The van der Waals surface area contributed by atoms with Crippen molar-refractivity contribution in [3.8, 4) is 11.8 Å². The third-order valence-electron chi connectivity index (χ3n) is 4.24. The Balaban J connectivity index is 1.73. The number of halogens is 1. The predicted molar refractivity (Wildman–Crippen MR) is 90.5 cm³/mol. The molecule has 0 spiro atoms. The van der Waals surface area contributed by atoms with Crippen molar-refractivity contribution < 1.29 is 9.53 Å². The van der Waals surface area contributed by atoms with Crippen molar-refractivity contribution in [3.05, 3.63) is 28.8 Å². The van der Waals surface area contributed by atoms with Gasteiger partial charge in [0.1, 0.15) is 11.3 Å². The van der Waals surface area contributed by atoms with Crippen molar-refractivity contribution in [3.63, 3.8) is 0 Å². The summed E-state index contributed by atoms with van der Waals surface area (Å²) >= 11 is 5.90. The molecule has 1 aromatic rings. The molecule has 1 saturated carbocycles. The summed E-state index contributed by atoms with van der Waals surface area (Å²) in [5.74, 6) is 0.723. The zero-order valence-corrected chi connectivity index (χ0v) is 14.3. The van der Waals surface area contributed by atoms with Crippen molar-refractivity contribution in [2.75, 3.05) is 6.61 Å². The van der Waals surface area contributed by atoms with E-state index in [9.17, 15) is 10.1 Å². The molecule has 0 bridgehead atoms. The summed E-state index contributed by atoms with van der Waals surface area (Å²) in [5.41, 5.74) is 0.329. The first-order valence-electron chi connectivity index (χ1n) is 8.16. The third-order valence-corrected chi connectivity index (χ3v) is 4.48. The number of benzene rings is 1. The molecule has 0 aromatic heterocycles. The molecule has 5 heteroatoms. The number of carbonyl (C=O) groups is 1. The Labute approximate surface area is 142 Å². The van der Waals surface area contributed by atoms with Crippen LogP contribution in [0, 0.1) is 18.3 Å². The summed E-state index contributed by atoms with van der Waals surface area (Å²) in [7, 11) is 0. The average Bonchev–Trinajstić information content (AvgIpc) is 2.54. The Bertz CT molecular complexity index is 589. The van der Waals surface area contributed by atoms with Gasteiger partial charge in [-0.15, -0.1) is 0 Å². The van der Waals surface area contributed by atoms with Crippen LogP contribution < -0.4 is 10.1 Å². The van der Waals surface area contributed by atoms with Gasteiger partial charge < -0.3 is 10.1 Å². The normalized spacial score (nSPS) is 16.4. The van der Waals surface area contributed by atoms with Gasteiger partial charge in [0.15, 0.2) is 0 Å². The van der Waals surface area contributed by atoms with E-state index in [1.807, 2.05) is 19.1 Å². The Morgan fingerprint density at radius 2 is 2.13 bits per heavy atom. The van der Waals surface area contributed by atoms with Gasteiger partial charge in [0.25, 0.3) is 0 Å². The average molecular weight is 335 g/mol. The van der Waals surface area contributed by atoms with Crippen molar-refractivity contribution in [1.82, 2.24) is 5.32 Å². The third kappa shape index (κ3) is 5.14. The molecule has 1 aliphatic rings. The number of carbonyl (C=O) groups excluding carboxylic acids is 1. The molecule has 1 fully saturated rings. The monoisotopic (exact) mass is 334 g/mol. The van der Waals surface area contributed by atoms with E-state index < -0.39 is 5.54 Å². The van der Waals surface area contributed by atoms with E-state index in [1.54, 1.807) is 6.07 Å². The Morgan fingerprint density at radius 1 is 1.39 bits per heavy atom. The minimum atomic E-state index is -0.650. The lowest BCUT2D eigenvalue weighted by molar-refractivity contribution is -0.123. The quantitative estimate of drug-likeness (QED) is 0.795. The number of aryl methyl sites for hydroxylation is 1. The summed E-state index contributed by atoms with van der Waals surface area (Å²) in [6, 6.07) is 7.78. The van der Waals surface area contributed by atoms with Gasteiger partial charge in [-0.1, -0.05) is 30.9 Å². The van der Waals surface area contributed by atoms with Crippen molar-refractivity contribution in [2.24, 2.45) is 0 Å². The number of hydrogen-bond donors (Lipinski definition) is 1. The van der Waals surface area contributed by atoms with Crippen LogP contribution in [-0.2, 0) is 4.79 Å². The molecule has 2 rings (SSSR count). The van der Waals surface area contributed by atoms with Crippen LogP contribution in [0.2, 0.25) is 5.02 Å². The SMILES string of the molecule is Cc1cc(Cl)ccc1OCCCC(=O)NC1(C#N)CCCCC1. The van der Waals surface area contributed by atoms with Crippen molar-refractivity contribution in [1.29, 1.82) is 5.26 Å². The van der Waals surface area contributed by atoms with E-state index in [4.69, 9.17) is 16.3 Å². The fraction of sp³-hybridized carbons (Fsp3) is 0.556. The van der Waals surface area contributed by atoms with E-state index in [0.29, 0.717) is 24.5 Å². The zero-order chi connectivity index (χ0) is 16.7. The lowest BCUT2D eigenvalue weighted by Gasteiger charge is -2.31. The molecular weight excluding hydrogens is 312 g/mol. The Kier molecular flexibility index (Phi) is 6.29. The molecule has 0 unspecified atom stereocenters. The number of nitrogens with one attached hydrogen (secondary N) is 1. The zero-order valence-electron chi connectivity index (χ0n) is 13.5. The van der Waals surface area contributed by atoms with E-state index >= 15 is 0 Å². The first-order valence-corrected chi connectivity index (χ1v) is 8.54. The van der Waals surface area contributed by atoms with Crippen molar-refractivity contribution >= 4 is 17.5 Å². The molecule has 4 nitrogen and oxygen atoms in total. The Hall–Kier alpha value is -1.73. The second kappa shape index (κ2) is 8.21. The predicted octanol–water partition coefficient (Wildman–Crippen LogP) is 4.15. The summed E-state index contributed by atoms with van der Waals surface area (Å²) in [6.07, 6.45) is 5.67. The van der Waals surface area contributed by atoms with E-state index in [2.05, 4.69) is 11.4 Å². The highest BCUT2D eigenvalue weighted by Gasteiger charge is 2.33. The topological polar surface area (TPSA) is 62.1 Å². The number of ether oxygens (including phenoxy) is 1. The van der Waals surface area contributed by atoms with Gasteiger partial charge in [0, 0.05) is 11.4 Å². The number of amides is 1. The fourth-order valence-corrected chi connectivity index (χ4v) is 3.17. The molecule has 1 aliphatic carbocycles. The lowest BCUT2D eigenvalue weighted by Crippen LogP contribution is -2.48. The minimum Gasteiger partial charge on any atom is -0.493 e. The molecule has 124 valence electrons. The summed E-state index contributed by atoms with van der Waals surface area (Å²) in [5, 5.41) is 13.0. The highest BCUT2D eigenvalue weighted by atomic mass is 35.5.